The summed E-state index contributed by atoms with van der Waals surface area (Å²) in [4.78, 5) is 10.7. The quantitative estimate of drug-likeness (QED) is 0.356. The molecular weight excluding hydrogens is 516 g/mol. The molecule has 1 N–H and O–H groups in total. The van der Waals surface area contributed by atoms with Gasteiger partial charge in [-0.15, -0.1) is 0 Å². The molecule has 0 amide bonds. The number of hydrogen-bond donors (Lipinski definition) is 1. The highest BCUT2D eigenvalue weighted by Crippen LogP contribution is 2.38. The lowest BCUT2D eigenvalue weighted by Crippen LogP contribution is -2.27. The molecule has 0 bridgehead atoms. The van der Waals surface area contributed by atoms with Gasteiger partial charge in [0.15, 0.2) is 0 Å². The largest absolute Gasteiger partial charge is 0.284 e. The first-order valence-corrected chi connectivity index (χ1v) is 13.8. The number of hydrazone groups is 1. The van der Waals surface area contributed by atoms with Gasteiger partial charge < -0.3 is 0 Å². The summed E-state index contributed by atoms with van der Waals surface area (Å²) < 4.78 is 53.2. The van der Waals surface area contributed by atoms with Crippen molar-refractivity contribution in [3.63, 3.8) is 0 Å². The van der Waals surface area contributed by atoms with Crippen LogP contribution < -0.4 is 4.72 Å². The number of nitro benzene ring substituents is 1. The molecule has 0 aromatic heterocycles. The molecule has 182 valence electrons. The van der Waals surface area contributed by atoms with Gasteiger partial charge in [-0.2, -0.15) is 17.9 Å². The molecule has 3 aromatic rings. The van der Waals surface area contributed by atoms with Gasteiger partial charge in [-0.1, -0.05) is 35.9 Å². The minimum Gasteiger partial charge on any atom is -0.284 e. The molecule has 10 nitrogen and oxygen atoms in total. The number of nitrogens with one attached hydrogen (secondary N) is 1. The molecule has 0 radical (unpaired) electrons. The van der Waals surface area contributed by atoms with Crippen LogP contribution >= 0.6 is 11.6 Å². The van der Waals surface area contributed by atoms with Crippen LogP contribution in [0.15, 0.2) is 82.8 Å². The Bertz CT molecular complexity index is 1520. The standard InChI is InChI=1S/C22H19ClN4O6S2/c1-34(30,31)25-18-9-5-15(6-10-18)21-14-22(16-3-2-4-19(13-16)27(28)29)26(24-21)35(32,33)20-11-7-17(23)8-12-20/h2-13,22,25H,14H2,1H3/t22-/m1/s1. The zero-order chi connectivity index (χ0) is 25.4. The Morgan fingerprint density at radius 2 is 1.69 bits per heavy atom. The fraction of sp³-hybridized carbons (Fsp3) is 0.136. The fourth-order valence-corrected chi connectivity index (χ4v) is 5.76. The highest BCUT2D eigenvalue weighted by molar-refractivity contribution is 7.92. The summed E-state index contributed by atoms with van der Waals surface area (Å²) in [6, 6.07) is 16.9. The lowest BCUT2D eigenvalue weighted by molar-refractivity contribution is -0.384. The van der Waals surface area contributed by atoms with Gasteiger partial charge in [-0.3, -0.25) is 14.8 Å². The van der Waals surface area contributed by atoms with E-state index < -0.39 is 31.0 Å². The molecule has 1 atom stereocenters. The Kier molecular flexibility index (Phi) is 6.54. The molecule has 1 aliphatic heterocycles. The molecule has 3 aromatic carbocycles. The molecule has 1 heterocycles. The van der Waals surface area contributed by atoms with E-state index in [0.29, 0.717) is 27.5 Å². The molecular formula is C22H19ClN4O6S2. The van der Waals surface area contributed by atoms with Crippen molar-refractivity contribution in [1.82, 2.24) is 4.41 Å². The van der Waals surface area contributed by atoms with Gasteiger partial charge in [0, 0.05) is 29.3 Å². The maximum atomic E-state index is 13.5. The second kappa shape index (κ2) is 9.29. The Morgan fingerprint density at radius 1 is 1.03 bits per heavy atom. The van der Waals surface area contributed by atoms with Crippen LogP contribution in [0.5, 0.6) is 0 Å². The molecule has 0 saturated carbocycles. The maximum Gasteiger partial charge on any atom is 0.279 e. The Balaban J connectivity index is 1.76. The van der Waals surface area contributed by atoms with Crippen molar-refractivity contribution in [1.29, 1.82) is 0 Å². The minimum atomic E-state index is -4.13. The van der Waals surface area contributed by atoms with Crippen molar-refractivity contribution in [2.45, 2.75) is 17.4 Å². The summed E-state index contributed by atoms with van der Waals surface area (Å²) >= 11 is 5.91. The second-order valence-electron chi connectivity index (χ2n) is 7.80. The monoisotopic (exact) mass is 534 g/mol. The minimum absolute atomic E-state index is 0.0324. The molecule has 0 saturated heterocycles. The molecule has 0 fully saturated rings. The van der Waals surface area contributed by atoms with Gasteiger partial charge in [0.05, 0.1) is 27.8 Å². The van der Waals surface area contributed by atoms with Crippen LogP contribution in [0, 0.1) is 10.1 Å². The van der Waals surface area contributed by atoms with Gasteiger partial charge in [-0.25, -0.2) is 8.42 Å². The summed E-state index contributed by atoms with van der Waals surface area (Å²) in [6.45, 7) is 0. The average Bonchev–Trinajstić information content (AvgIpc) is 3.25. The first-order valence-electron chi connectivity index (χ1n) is 10.1. The van der Waals surface area contributed by atoms with Gasteiger partial charge in [0.2, 0.25) is 10.0 Å². The van der Waals surface area contributed by atoms with E-state index in [9.17, 15) is 26.9 Å². The lowest BCUT2D eigenvalue weighted by atomic mass is 9.99. The van der Waals surface area contributed by atoms with Gasteiger partial charge >= 0.3 is 0 Å². The van der Waals surface area contributed by atoms with Gasteiger partial charge in [-0.05, 0) is 47.5 Å². The fourth-order valence-electron chi connectivity index (χ4n) is 3.64. The molecule has 0 spiro atoms. The van der Waals surface area contributed by atoms with Crippen LogP contribution in [0.25, 0.3) is 0 Å². The topological polar surface area (TPSA) is 139 Å². The Morgan fingerprint density at radius 3 is 2.29 bits per heavy atom. The van der Waals surface area contributed by atoms with Crippen LogP contribution in [0.3, 0.4) is 0 Å². The van der Waals surface area contributed by atoms with E-state index in [1.165, 1.54) is 54.6 Å². The average molecular weight is 535 g/mol. The molecule has 4 rings (SSSR count). The number of hydrogen-bond acceptors (Lipinski definition) is 7. The zero-order valence-corrected chi connectivity index (χ0v) is 20.6. The highest BCUT2D eigenvalue weighted by atomic mass is 35.5. The van der Waals surface area contributed by atoms with E-state index in [0.717, 1.165) is 10.7 Å². The molecule has 13 heteroatoms. The van der Waals surface area contributed by atoms with Gasteiger partial charge in [0.1, 0.15) is 0 Å². The smallest absolute Gasteiger partial charge is 0.279 e. The lowest BCUT2D eigenvalue weighted by Gasteiger charge is -2.23. The van der Waals surface area contributed by atoms with Crippen LogP contribution in [0.1, 0.15) is 23.6 Å². The van der Waals surface area contributed by atoms with Crippen molar-refractivity contribution in [3.8, 4) is 0 Å². The number of rotatable bonds is 7. The Labute approximate surface area is 207 Å². The predicted octanol–water partition coefficient (Wildman–Crippen LogP) is 4.16. The van der Waals surface area contributed by atoms with Crippen molar-refractivity contribution >= 4 is 48.7 Å². The van der Waals surface area contributed by atoms with Crippen LogP contribution in [-0.2, 0) is 20.0 Å². The first kappa shape index (κ1) is 24.6. The van der Waals surface area contributed by atoms with E-state index in [-0.39, 0.29) is 17.0 Å². The molecule has 1 aliphatic rings. The molecule has 0 unspecified atom stereocenters. The molecule has 0 aliphatic carbocycles. The van der Waals surface area contributed by atoms with E-state index in [2.05, 4.69) is 9.82 Å². The highest BCUT2D eigenvalue weighted by Gasteiger charge is 2.38. The summed E-state index contributed by atoms with van der Waals surface area (Å²) in [5.74, 6) is 0. The Hall–Kier alpha value is -3.48. The van der Waals surface area contributed by atoms with Crippen molar-refractivity contribution < 1.29 is 21.8 Å². The third kappa shape index (κ3) is 5.45. The van der Waals surface area contributed by atoms with E-state index in [1.807, 2.05) is 0 Å². The summed E-state index contributed by atoms with van der Waals surface area (Å²) in [7, 11) is -7.59. The number of sulfonamides is 2. The van der Waals surface area contributed by atoms with Crippen LogP contribution in [-0.4, -0.2) is 38.1 Å². The number of nitro groups is 1. The van der Waals surface area contributed by atoms with E-state index >= 15 is 0 Å². The third-order valence-electron chi connectivity index (χ3n) is 5.22. The summed E-state index contributed by atoms with van der Waals surface area (Å²) in [5.41, 5.74) is 1.58. The summed E-state index contributed by atoms with van der Waals surface area (Å²) in [5, 5.41) is 16.1. The van der Waals surface area contributed by atoms with Crippen molar-refractivity contribution in [2.24, 2.45) is 5.10 Å². The third-order valence-corrected chi connectivity index (χ3v) is 7.77. The zero-order valence-electron chi connectivity index (χ0n) is 18.2. The van der Waals surface area contributed by atoms with Crippen LogP contribution in [0.2, 0.25) is 5.02 Å². The second-order valence-corrected chi connectivity index (χ2v) is 11.8. The van der Waals surface area contributed by atoms with Crippen molar-refractivity contribution in [3.05, 3.63) is 99.1 Å². The number of halogens is 1. The number of non-ortho nitro benzene ring substituents is 1. The van der Waals surface area contributed by atoms with E-state index in [4.69, 9.17) is 11.6 Å². The number of nitrogens with zero attached hydrogens (tertiary/aromatic N) is 3. The number of benzene rings is 3. The normalized spacial score (nSPS) is 16.1. The SMILES string of the molecule is CS(=O)(=O)Nc1ccc(C2=NN(S(=O)(=O)c3ccc(Cl)cc3)[C@@H](c3cccc([N+](=O)[O-])c3)C2)cc1. The van der Waals surface area contributed by atoms with E-state index in [1.54, 1.807) is 18.2 Å². The first-order chi connectivity index (χ1) is 16.4. The van der Waals surface area contributed by atoms with Crippen LogP contribution in [0.4, 0.5) is 11.4 Å². The summed E-state index contributed by atoms with van der Waals surface area (Å²) in [6.07, 6.45) is 1.18. The number of anilines is 1. The predicted molar refractivity (Wildman–Crippen MR) is 132 cm³/mol. The van der Waals surface area contributed by atoms with Crippen molar-refractivity contribution in [2.75, 3.05) is 11.0 Å². The molecule has 35 heavy (non-hydrogen) atoms. The maximum absolute atomic E-state index is 13.5. The van der Waals surface area contributed by atoms with Gasteiger partial charge in [0.25, 0.3) is 15.7 Å².